The third-order valence-electron chi connectivity index (χ3n) is 5.06. The normalized spacial score (nSPS) is 10.9. The number of aromatic nitrogens is 3. The van der Waals surface area contributed by atoms with Crippen LogP contribution in [0.15, 0.2) is 47.5 Å². The summed E-state index contributed by atoms with van der Waals surface area (Å²) in [7, 11) is 4.66. The number of fused-ring (bicyclic) bond motifs is 3. The molecule has 9 nitrogen and oxygen atoms in total. The first-order valence-corrected chi connectivity index (χ1v) is 9.57. The van der Waals surface area contributed by atoms with Crippen molar-refractivity contribution in [2.24, 2.45) is 0 Å². The number of nitrogens with one attached hydrogen (secondary N) is 2. The molecule has 2 aromatic carbocycles. The molecule has 0 aliphatic rings. The molecule has 9 heteroatoms. The highest BCUT2D eigenvalue weighted by molar-refractivity contribution is 6.05. The summed E-state index contributed by atoms with van der Waals surface area (Å²) in [6.07, 6.45) is 1.37. The fourth-order valence-electron chi connectivity index (χ4n) is 3.49. The molecule has 160 valence electrons. The molecule has 2 aromatic heterocycles. The fraction of sp³-hybridized carbons (Fsp3) is 0.227. The minimum Gasteiger partial charge on any atom is -0.496 e. The zero-order valence-electron chi connectivity index (χ0n) is 17.4. The zero-order chi connectivity index (χ0) is 22.0. The van der Waals surface area contributed by atoms with E-state index in [4.69, 9.17) is 14.2 Å². The van der Waals surface area contributed by atoms with Gasteiger partial charge in [0.25, 0.3) is 5.56 Å². The Morgan fingerprint density at radius 2 is 1.77 bits per heavy atom. The monoisotopic (exact) mass is 422 g/mol. The van der Waals surface area contributed by atoms with Gasteiger partial charge in [0, 0.05) is 23.6 Å². The maximum atomic E-state index is 12.9. The zero-order valence-corrected chi connectivity index (χ0v) is 17.4. The number of methoxy groups -OCH3 is 3. The van der Waals surface area contributed by atoms with E-state index in [2.05, 4.69) is 15.3 Å². The minimum absolute atomic E-state index is 0.154. The molecule has 2 heterocycles. The van der Waals surface area contributed by atoms with Crippen LogP contribution in [0.25, 0.3) is 21.9 Å². The van der Waals surface area contributed by atoms with E-state index in [1.807, 2.05) is 24.3 Å². The summed E-state index contributed by atoms with van der Waals surface area (Å²) < 4.78 is 17.2. The maximum Gasteiger partial charge on any atom is 0.278 e. The van der Waals surface area contributed by atoms with Crippen molar-refractivity contribution < 1.29 is 19.0 Å². The van der Waals surface area contributed by atoms with Crippen LogP contribution in [0.2, 0.25) is 0 Å². The number of nitrogens with zero attached hydrogens (tertiary/aromatic N) is 2. The number of carbonyl (C=O) groups excluding carboxylic acids is 1. The van der Waals surface area contributed by atoms with Crippen LogP contribution in [-0.4, -0.2) is 41.8 Å². The van der Waals surface area contributed by atoms with E-state index in [-0.39, 0.29) is 18.0 Å². The summed E-state index contributed by atoms with van der Waals surface area (Å²) in [5.41, 5.74) is 2.01. The Balaban J connectivity index is 1.59. The maximum absolute atomic E-state index is 12.9. The molecule has 0 saturated carbocycles. The lowest BCUT2D eigenvalue weighted by molar-refractivity contribution is -0.121. The van der Waals surface area contributed by atoms with Gasteiger partial charge in [0.1, 0.15) is 23.3 Å². The molecular weight excluding hydrogens is 400 g/mol. The Morgan fingerprint density at radius 3 is 2.52 bits per heavy atom. The summed E-state index contributed by atoms with van der Waals surface area (Å²) >= 11 is 0. The van der Waals surface area contributed by atoms with E-state index in [0.717, 1.165) is 10.9 Å². The van der Waals surface area contributed by atoms with Crippen LogP contribution < -0.4 is 25.1 Å². The van der Waals surface area contributed by atoms with Crippen molar-refractivity contribution in [3.63, 3.8) is 0 Å². The Hall–Kier alpha value is -4.01. The van der Waals surface area contributed by atoms with Crippen LogP contribution >= 0.6 is 0 Å². The van der Waals surface area contributed by atoms with Crippen molar-refractivity contribution >= 4 is 27.8 Å². The van der Waals surface area contributed by atoms with Gasteiger partial charge in [-0.25, -0.2) is 4.98 Å². The van der Waals surface area contributed by atoms with Crippen LogP contribution in [0.1, 0.15) is 5.56 Å². The molecule has 0 unspecified atom stereocenters. The summed E-state index contributed by atoms with van der Waals surface area (Å²) in [5.74, 6) is 1.45. The summed E-state index contributed by atoms with van der Waals surface area (Å²) in [5, 5.41) is 3.54. The lowest BCUT2D eigenvalue weighted by atomic mass is 10.2. The number of ether oxygens (including phenoxy) is 3. The second-order valence-electron chi connectivity index (χ2n) is 6.87. The van der Waals surface area contributed by atoms with Crippen molar-refractivity contribution in [2.45, 2.75) is 13.1 Å². The molecule has 0 bridgehead atoms. The number of rotatable bonds is 7. The van der Waals surface area contributed by atoms with Gasteiger partial charge in [0.2, 0.25) is 5.91 Å². The SMILES string of the molecule is COc1ccccc1CNC(=O)Cn1cnc2c([nH]c3cc(OC)c(OC)cc32)c1=O. The molecule has 4 aromatic rings. The fourth-order valence-corrected chi connectivity index (χ4v) is 3.49. The molecule has 4 rings (SSSR count). The Labute approximate surface area is 177 Å². The van der Waals surface area contributed by atoms with Gasteiger partial charge in [-0.1, -0.05) is 18.2 Å². The first-order valence-electron chi connectivity index (χ1n) is 9.57. The van der Waals surface area contributed by atoms with Crippen molar-refractivity contribution in [1.29, 1.82) is 0 Å². The van der Waals surface area contributed by atoms with Gasteiger partial charge in [-0.15, -0.1) is 0 Å². The number of aromatic amines is 1. The highest BCUT2D eigenvalue weighted by atomic mass is 16.5. The second kappa shape index (κ2) is 8.39. The highest BCUT2D eigenvalue weighted by Gasteiger charge is 2.16. The predicted octanol–water partition coefficient (Wildman–Crippen LogP) is 2.22. The van der Waals surface area contributed by atoms with Gasteiger partial charge >= 0.3 is 0 Å². The molecule has 31 heavy (non-hydrogen) atoms. The van der Waals surface area contributed by atoms with Gasteiger partial charge in [-0.05, 0) is 12.1 Å². The second-order valence-corrected chi connectivity index (χ2v) is 6.87. The van der Waals surface area contributed by atoms with Crippen LogP contribution in [0.5, 0.6) is 17.2 Å². The smallest absolute Gasteiger partial charge is 0.278 e. The van der Waals surface area contributed by atoms with Crippen LogP contribution in [-0.2, 0) is 17.9 Å². The average Bonchev–Trinajstić information content (AvgIpc) is 3.16. The highest BCUT2D eigenvalue weighted by Crippen LogP contribution is 2.34. The van der Waals surface area contributed by atoms with Gasteiger partial charge < -0.3 is 24.5 Å². The van der Waals surface area contributed by atoms with Crippen molar-refractivity contribution in [2.75, 3.05) is 21.3 Å². The standard InChI is InChI=1S/C22H22N4O5/c1-29-16-7-5-4-6-13(16)10-23-19(27)11-26-12-24-20-14-8-17(30-2)18(31-3)9-15(14)25-21(20)22(26)28/h4-9,12,25H,10-11H2,1-3H3,(H,23,27). The van der Waals surface area contributed by atoms with Gasteiger partial charge in [-0.3, -0.25) is 14.2 Å². The molecule has 0 fully saturated rings. The van der Waals surface area contributed by atoms with Gasteiger partial charge in [0.05, 0.1) is 33.2 Å². The van der Waals surface area contributed by atoms with Gasteiger partial charge in [-0.2, -0.15) is 0 Å². The first-order chi connectivity index (χ1) is 15.0. The Bertz CT molecular complexity index is 1320. The van der Waals surface area contributed by atoms with Crippen molar-refractivity contribution in [1.82, 2.24) is 19.9 Å². The summed E-state index contributed by atoms with van der Waals surface area (Å²) in [6, 6.07) is 10.9. The number of hydrogen-bond acceptors (Lipinski definition) is 6. The molecular formula is C22H22N4O5. The van der Waals surface area contributed by atoms with E-state index in [1.165, 1.54) is 10.9 Å². The van der Waals surface area contributed by atoms with Crippen LogP contribution in [0.3, 0.4) is 0 Å². The molecule has 0 spiro atoms. The topological polar surface area (TPSA) is 107 Å². The third kappa shape index (κ3) is 3.77. The van der Waals surface area contributed by atoms with E-state index in [1.54, 1.807) is 33.5 Å². The molecule has 0 aliphatic carbocycles. The molecule has 0 aliphatic heterocycles. The Kier molecular flexibility index (Phi) is 5.48. The van der Waals surface area contributed by atoms with E-state index in [9.17, 15) is 9.59 Å². The number of carbonyl (C=O) groups is 1. The minimum atomic E-state index is -0.341. The number of H-pyrrole nitrogens is 1. The van der Waals surface area contributed by atoms with Crippen LogP contribution in [0.4, 0.5) is 0 Å². The lowest BCUT2D eigenvalue weighted by Crippen LogP contribution is -2.32. The molecule has 1 amide bonds. The largest absolute Gasteiger partial charge is 0.496 e. The van der Waals surface area contributed by atoms with Gasteiger partial charge in [0.15, 0.2) is 11.5 Å². The molecule has 2 N–H and O–H groups in total. The first kappa shape index (κ1) is 20.3. The van der Waals surface area contributed by atoms with E-state index < -0.39 is 0 Å². The number of amides is 1. The molecule has 0 radical (unpaired) electrons. The van der Waals surface area contributed by atoms with E-state index in [0.29, 0.717) is 40.3 Å². The quantitative estimate of drug-likeness (QED) is 0.473. The van der Waals surface area contributed by atoms with Crippen molar-refractivity contribution in [3.8, 4) is 17.2 Å². The average molecular weight is 422 g/mol. The Morgan fingerprint density at radius 1 is 1.06 bits per heavy atom. The predicted molar refractivity (Wildman–Crippen MR) is 116 cm³/mol. The number of hydrogen-bond donors (Lipinski definition) is 2. The lowest BCUT2D eigenvalue weighted by Gasteiger charge is -2.10. The number of benzene rings is 2. The summed E-state index contributed by atoms with van der Waals surface area (Å²) in [4.78, 5) is 32.9. The van der Waals surface area contributed by atoms with Crippen molar-refractivity contribution in [3.05, 3.63) is 58.6 Å². The summed E-state index contributed by atoms with van der Waals surface area (Å²) in [6.45, 7) is 0.137. The third-order valence-corrected chi connectivity index (χ3v) is 5.06. The van der Waals surface area contributed by atoms with E-state index >= 15 is 0 Å². The van der Waals surface area contributed by atoms with Crippen LogP contribution in [0, 0.1) is 0 Å². The molecule has 0 atom stereocenters. The number of para-hydroxylation sites is 1. The molecule has 0 saturated heterocycles.